The number of carbonyl (C=O) groups excluding carboxylic acids is 1. The van der Waals surface area contributed by atoms with Crippen molar-refractivity contribution in [2.24, 2.45) is 11.0 Å². The number of nitro groups is 1. The SMILES string of the molecule is CN1CCN(c2ccc(C(=O)N3N=C4/C(=C/c5ccc(F)cc5)CCC[C@H]4[C@@H]3c3ccc(F)cc3)cc2[N+](=O)[O-])CC1. The van der Waals surface area contributed by atoms with Gasteiger partial charge in [0, 0.05) is 43.7 Å². The largest absolute Gasteiger partial charge is 0.363 e. The van der Waals surface area contributed by atoms with Crippen molar-refractivity contribution in [1.29, 1.82) is 0 Å². The van der Waals surface area contributed by atoms with Crippen molar-refractivity contribution < 1.29 is 18.5 Å². The van der Waals surface area contributed by atoms with Crippen LogP contribution in [-0.2, 0) is 0 Å². The molecule has 0 bridgehead atoms. The van der Waals surface area contributed by atoms with Gasteiger partial charge in [-0.15, -0.1) is 0 Å². The number of amides is 1. The van der Waals surface area contributed by atoms with E-state index < -0.39 is 16.9 Å². The predicted octanol–water partition coefficient (Wildman–Crippen LogP) is 6.06. The van der Waals surface area contributed by atoms with Crippen LogP contribution in [0, 0.1) is 27.7 Å². The van der Waals surface area contributed by atoms with Crippen LogP contribution in [-0.4, -0.2) is 59.7 Å². The van der Waals surface area contributed by atoms with Crippen LogP contribution in [0.4, 0.5) is 20.2 Å². The van der Waals surface area contributed by atoms with E-state index in [2.05, 4.69) is 4.90 Å². The number of hydrazone groups is 1. The fraction of sp³-hybridized carbons (Fsp3) is 0.312. The second-order valence-corrected chi connectivity index (χ2v) is 11.1. The molecule has 0 radical (unpaired) electrons. The van der Waals surface area contributed by atoms with Crippen LogP contribution in [0.5, 0.6) is 0 Å². The molecule has 2 atom stereocenters. The molecule has 0 aromatic heterocycles. The number of carbonyl (C=O) groups is 1. The molecule has 1 aliphatic carbocycles. The van der Waals surface area contributed by atoms with E-state index in [1.807, 2.05) is 18.0 Å². The number of rotatable bonds is 5. The molecule has 42 heavy (non-hydrogen) atoms. The highest BCUT2D eigenvalue weighted by Crippen LogP contribution is 2.45. The molecular weight excluding hydrogens is 540 g/mol. The number of fused-ring (bicyclic) bond motifs is 1. The Morgan fingerprint density at radius 3 is 2.31 bits per heavy atom. The van der Waals surface area contributed by atoms with Gasteiger partial charge in [-0.05, 0) is 85.5 Å². The molecule has 216 valence electrons. The Kier molecular flexibility index (Phi) is 7.55. The Morgan fingerprint density at radius 2 is 1.64 bits per heavy atom. The number of halogens is 2. The minimum atomic E-state index is -0.499. The average Bonchev–Trinajstić information content (AvgIpc) is 3.39. The highest BCUT2D eigenvalue weighted by molar-refractivity contribution is 6.09. The van der Waals surface area contributed by atoms with Gasteiger partial charge in [0.05, 0.1) is 16.7 Å². The highest BCUT2D eigenvalue weighted by atomic mass is 19.1. The van der Waals surface area contributed by atoms with E-state index in [9.17, 15) is 23.7 Å². The predicted molar refractivity (Wildman–Crippen MR) is 157 cm³/mol. The van der Waals surface area contributed by atoms with Crippen molar-refractivity contribution in [3.05, 3.63) is 111 Å². The normalized spacial score (nSPS) is 21.8. The van der Waals surface area contributed by atoms with Gasteiger partial charge in [0.25, 0.3) is 11.6 Å². The molecular formula is C32H31F2N5O3. The number of piperazine rings is 1. The zero-order chi connectivity index (χ0) is 29.4. The van der Waals surface area contributed by atoms with Crippen molar-refractivity contribution >= 4 is 29.1 Å². The summed E-state index contributed by atoms with van der Waals surface area (Å²) in [7, 11) is 2.01. The summed E-state index contributed by atoms with van der Waals surface area (Å²) in [6.07, 6.45) is 4.35. The van der Waals surface area contributed by atoms with Crippen LogP contribution in [0.25, 0.3) is 6.08 Å². The maximum atomic E-state index is 14.1. The van der Waals surface area contributed by atoms with Gasteiger partial charge >= 0.3 is 0 Å². The summed E-state index contributed by atoms with van der Waals surface area (Å²) in [5.74, 6) is -1.30. The summed E-state index contributed by atoms with van der Waals surface area (Å²) in [5.41, 5.74) is 3.82. The second-order valence-electron chi connectivity index (χ2n) is 11.1. The first-order chi connectivity index (χ1) is 20.3. The van der Waals surface area contributed by atoms with E-state index in [1.165, 1.54) is 35.3 Å². The molecule has 3 aromatic carbocycles. The molecule has 2 aliphatic heterocycles. The molecule has 2 heterocycles. The average molecular weight is 572 g/mol. The third-order valence-corrected chi connectivity index (χ3v) is 8.40. The molecule has 0 unspecified atom stereocenters. The third-order valence-electron chi connectivity index (χ3n) is 8.40. The molecule has 3 aliphatic rings. The van der Waals surface area contributed by atoms with Crippen molar-refractivity contribution in [3.63, 3.8) is 0 Å². The van der Waals surface area contributed by atoms with Crippen LogP contribution in [0.15, 0.2) is 77.4 Å². The zero-order valence-corrected chi connectivity index (χ0v) is 23.2. The molecule has 2 fully saturated rings. The number of anilines is 1. The molecule has 0 N–H and O–H groups in total. The van der Waals surface area contributed by atoms with E-state index >= 15 is 0 Å². The molecule has 10 heteroatoms. The van der Waals surface area contributed by atoms with Crippen LogP contribution in [0.2, 0.25) is 0 Å². The molecule has 8 nitrogen and oxygen atoms in total. The summed E-state index contributed by atoms with van der Waals surface area (Å²) in [6.45, 7) is 2.89. The van der Waals surface area contributed by atoms with Gasteiger partial charge in [0.1, 0.15) is 17.3 Å². The highest BCUT2D eigenvalue weighted by Gasteiger charge is 2.44. The molecule has 1 saturated carbocycles. The van der Waals surface area contributed by atoms with Gasteiger partial charge in [-0.1, -0.05) is 24.3 Å². The third kappa shape index (κ3) is 5.42. The lowest BCUT2D eigenvalue weighted by atomic mass is 9.77. The van der Waals surface area contributed by atoms with Crippen molar-refractivity contribution in [3.8, 4) is 0 Å². The number of likely N-dealkylation sites (N-methyl/N-ethyl adjacent to an activating group) is 1. The van der Waals surface area contributed by atoms with E-state index in [4.69, 9.17) is 5.10 Å². The van der Waals surface area contributed by atoms with Crippen LogP contribution >= 0.6 is 0 Å². The molecule has 0 spiro atoms. The molecule has 1 amide bonds. The monoisotopic (exact) mass is 571 g/mol. The number of benzene rings is 3. The first-order valence-electron chi connectivity index (χ1n) is 14.1. The number of allylic oxidation sites excluding steroid dienone is 1. The van der Waals surface area contributed by atoms with Crippen molar-refractivity contribution in [1.82, 2.24) is 9.91 Å². The second kappa shape index (κ2) is 11.4. The Hall–Kier alpha value is -4.44. The number of hydrogen-bond acceptors (Lipinski definition) is 6. The smallest absolute Gasteiger partial charge is 0.293 e. The van der Waals surface area contributed by atoms with Gasteiger partial charge < -0.3 is 9.80 Å². The topological polar surface area (TPSA) is 82.3 Å². The van der Waals surface area contributed by atoms with Crippen molar-refractivity contribution in [2.45, 2.75) is 25.3 Å². The number of nitrogens with zero attached hydrogens (tertiary/aromatic N) is 5. The van der Waals surface area contributed by atoms with Crippen LogP contribution < -0.4 is 4.90 Å². The zero-order valence-electron chi connectivity index (χ0n) is 23.2. The summed E-state index contributed by atoms with van der Waals surface area (Å²) < 4.78 is 27.4. The summed E-state index contributed by atoms with van der Waals surface area (Å²) >= 11 is 0. The van der Waals surface area contributed by atoms with Gasteiger partial charge in [-0.2, -0.15) is 5.10 Å². The lowest BCUT2D eigenvalue weighted by Crippen LogP contribution is -2.44. The van der Waals surface area contributed by atoms with Gasteiger partial charge in [-0.25, -0.2) is 13.8 Å². The molecule has 6 rings (SSSR count). The Bertz CT molecular complexity index is 1560. The van der Waals surface area contributed by atoms with E-state index in [0.29, 0.717) is 18.8 Å². The quantitative estimate of drug-likeness (QED) is 0.275. The first kappa shape index (κ1) is 27.7. The van der Waals surface area contributed by atoms with E-state index in [0.717, 1.165) is 54.8 Å². The molecule has 3 aromatic rings. The van der Waals surface area contributed by atoms with Crippen molar-refractivity contribution in [2.75, 3.05) is 38.1 Å². The Morgan fingerprint density at radius 1 is 0.976 bits per heavy atom. The lowest BCUT2D eigenvalue weighted by molar-refractivity contribution is -0.384. The lowest BCUT2D eigenvalue weighted by Gasteiger charge is -2.33. The maximum Gasteiger partial charge on any atom is 0.293 e. The van der Waals surface area contributed by atoms with E-state index in [-0.39, 0.29) is 28.8 Å². The summed E-state index contributed by atoms with van der Waals surface area (Å²) in [6, 6.07) is 16.4. The van der Waals surface area contributed by atoms with Crippen LogP contribution in [0.1, 0.15) is 46.8 Å². The number of hydrogen-bond donors (Lipinski definition) is 0. The standard InChI is InChI=1S/C32H31F2N5O3/c1-36-15-17-37(18-16-36)28-14-9-24(20-29(28)39(41)42)32(40)38-31(22-7-12-26(34)13-8-22)27-4-2-3-23(30(27)35-38)19-21-5-10-25(33)11-6-21/h5-14,19-20,27,31H,2-4,15-18H2,1H3/b23-19+/t27-,31+/m1/s1. The minimum absolute atomic E-state index is 0.120. The van der Waals surface area contributed by atoms with Gasteiger partial charge in [-0.3, -0.25) is 14.9 Å². The molecule has 1 saturated heterocycles. The van der Waals surface area contributed by atoms with Gasteiger partial charge in [0.2, 0.25) is 0 Å². The Balaban J connectivity index is 1.39. The fourth-order valence-corrected chi connectivity index (χ4v) is 6.17. The summed E-state index contributed by atoms with van der Waals surface area (Å²) in [5, 5.41) is 18.4. The van der Waals surface area contributed by atoms with Gasteiger partial charge in [0.15, 0.2) is 0 Å². The first-order valence-corrected chi connectivity index (χ1v) is 14.1. The number of nitro benzene ring substituents is 1. The Labute approximate surface area is 242 Å². The summed E-state index contributed by atoms with van der Waals surface area (Å²) in [4.78, 5) is 29.9. The van der Waals surface area contributed by atoms with E-state index in [1.54, 1.807) is 36.4 Å². The maximum absolute atomic E-state index is 14.1. The minimum Gasteiger partial charge on any atom is -0.363 e. The fourth-order valence-electron chi connectivity index (χ4n) is 6.17. The van der Waals surface area contributed by atoms with Crippen LogP contribution in [0.3, 0.4) is 0 Å².